The van der Waals surface area contributed by atoms with Gasteiger partial charge in [-0.05, 0) is 64.4 Å². The average Bonchev–Trinajstić information content (AvgIpc) is 2.77. The lowest BCUT2D eigenvalue weighted by molar-refractivity contribution is -0.384. The number of non-ortho nitro benzene ring substituents is 1. The number of nitro groups is 1. The Morgan fingerprint density at radius 2 is 1.60 bits per heavy atom. The molecule has 0 saturated heterocycles. The number of nitro benzene ring substituents is 1. The standard InChI is InChI=1S/C23H30N2O9S/c1-6-32-23(27)21(24-35(30,31)18-10-8-17(9-11-18)25(28)29)22(26)16-7-12-19(33-14(2)3)20(13-16)34-15(4)5/h7-15,21-22,24,26H,6H2,1-5H3. The minimum Gasteiger partial charge on any atom is -0.487 e. The lowest BCUT2D eigenvalue weighted by atomic mass is 10.0. The summed E-state index contributed by atoms with van der Waals surface area (Å²) < 4.78 is 44.5. The Kier molecular flexibility index (Phi) is 9.57. The van der Waals surface area contributed by atoms with Crippen LogP contribution in [0.3, 0.4) is 0 Å². The second kappa shape index (κ2) is 12.0. The van der Waals surface area contributed by atoms with Gasteiger partial charge in [-0.15, -0.1) is 0 Å². The van der Waals surface area contributed by atoms with E-state index in [1.54, 1.807) is 13.0 Å². The lowest BCUT2D eigenvalue weighted by Gasteiger charge is -2.24. The minimum atomic E-state index is -4.36. The number of carbonyl (C=O) groups excluding carboxylic acids is 1. The number of hydrogen-bond donors (Lipinski definition) is 2. The number of aliphatic hydroxyl groups excluding tert-OH is 1. The van der Waals surface area contributed by atoms with Crippen molar-refractivity contribution in [3.05, 3.63) is 58.1 Å². The molecular formula is C23H30N2O9S. The van der Waals surface area contributed by atoms with Gasteiger partial charge in [0.15, 0.2) is 11.5 Å². The van der Waals surface area contributed by atoms with Gasteiger partial charge in [0, 0.05) is 12.1 Å². The van der Waals surface area contributed by atoms with Crippen LogP contribution in [0, 0.1) is 10.1 Å². The van der Waals surface area contributed by atoms with Crippen molar-refractivity contribution in [1.82, 2.24) is 4.72 Å². The normalized spacial score (nSPS) is 13.4. The predicted octanol–water partition coefficient (Wildman–Crippen LogP) is 3.11. The summed E-state index contributed by atoms with van der Waals surface area (Å²) in [6.45, 7) is 8.78. The van der Waals surface area contributed by atoms with Crippen LogP contribution >= 0.6 is 0 Å². The van der Waals surface area contributed by atoms with Crippen molar-refractivity contribution in [2.24, 2.45) is 0 Å². The second-order valence-electron chi connectivity index (χ2n) is 8.09. The van der Waals surface area contributed by atoms with Crippen LogP contribution in [0.15, 0.2) is 47.4 Å². The molecule has 2 unspecified atom stereocenters. The molecule has 12 heteroatoms. The van der Waals surface area contributed by atoms with Crippen molar-refractivity contribution >= 4 is 21.7 Å². The number of nitrogens with one attached hydrogen (secondary N) is 1. The van der Waals surface area contributed by atoms with E-state index in [2.05, 4.69) is 4.72 Å². The Labute approximate surface area is 204 Å². The minimum absolute atomic E-state index is 0.0514. The number of benzene rings is 2. The third-order valence-electron chi connectivity index (χ3n) is 4.53. The summed E-state index contributed by atoms with van der Waals surface area (Å²) in [6, 6.07) is 6.91. The molecule has 35 heavy (non-hydrogen) atoms. The van der Waals surface area contributed by atoms with Crippen LogP contribution in [-0.4, -0.2) is 49.3 Å². The van der Waals surface area contributed by atoms with Crippen molar-refractivity contribution in [3.8, 4) is 11.5 Å². The third-order valence-corrected chi connectivity index (χ3v) is 5.99. The van der Waals surface area contributed by atoms with Crippen molar-refractivity contribution in [2.75, 3.05) is 6.61 Å². The summed E-state index contributed by atoms with van der Waals surface area (Å²) in [5, 5.41) is 21.9. The van der Waals surface area contributed by atoms with E-state index in [1.807, 2.05) is 27.7 Å². The van der Waals surface area contributed by atoms with Crippen molar-refractivity contribution in [2.45, 2.75) is 63.9 Å². The summed E-state index contributed by atoms with van der Waals surface area (Å²) in [6.07, 6.45) is -2.02. The van der Waals surface area contributed by atoms with Gasteiger partial charge in [-0.25, -0.2) is 8.42 Å². The molecule has 0 amide bonds. The molecule has 2 aromatic rings. The first-order valence-corrected chi connectivity index (χ1v) is 12.4. The maximum absolute atomic E-state index is 12.9. The summed E-state index contributed by atoms with van der Waals surface area (Å²) >= 11 is 0. The quantitative estimate of drug-likeness (QED) is 0.249. The fourth-order valence-corrected chi connectivity index (χ4v) is 4.24. The van der Waals surface area contributed by atoms with Crippen LogP contribution in [0.1, 0.15) is 46.3 Å². The Morgan fingerprint density at radius 1 is 1.03 bits per heavy atom. The highest BCUT2D eigenvalue weighted by atomic mass is 32.2. The SMILES string of the molecule is CCOC(=O)C(NS(=O)(=O)c1ccc([N+](=O)[O-])cc1)C(O)c1ccc(OC(C)C)c(OC(C)C)c1. The summed E-state index contributed by atoms with van der Waals surface area (Å²) in [5.74, 6) is -0.269. The number of esters is 1. The molecule has 0 radical (unpaired) electrons. The molecule has 0 aliphatic carbocycles. The van der Waals surface area contributed by atoms with Gasteiger partial charge in [0.2, 0.25) is 10.0 Å². The van der Waals surface area contributed by atoms with E-state index < -0.39 is 33.1 Å². The summed E-state index contributed by atoms with van der Waals surface area (Å²) in [7, 11) is -4.36. The molecule has 2 atom stereocenters. The van der Waals surface area contributed by atoms with Gasteiger partial charge in [-0.1, -0.05) is 6.07 Å². The molecule has 11 nitrogen and oxygen atoms in total. The summed E-state index contributed by atoms with van der Waals surface area (Å²) in [5.41, 5.74) is -0.117. The Hall–Kier alpha value is -3.22. The topological polar surface area (TPSA) is 154 Å². The van der Waals surface area contributed by atoms with Crippen LogP contribution in [-0.2, 0) is 19.6 Å². The van der Waals surface area contributed by atoms with Crippen LogP contribution in [0.4, 0.5) is 5.69 Å². The van der Waals surface area contributed by atoms with Crippen molar-refractivity contribution in [3.63, 3.8) is 0 Å². The van der Waals surface area contributed by atoms with Gasteiger partial charge in [0.05, 0.1) is 28.6 Å². The van der Waals surface area contributed by atoms with E-state index in [1.165, 1.54) is 12.1 Å². The number of carbonyl (C=O) groups is 1. The molecule has 0 heterocycles. The number of nitrogens with zero attached hydrogens (tertiary/aromatic N) is 1. The molecule has 192 valence electrons. The summed E-state index contributed by atoms with van der Waals surface area (Å²) in [4.78, 5) is 22.5. The van der Waals surface area contributed by atoms with Gasteiger partial charge in [0.1, 0.15) is 12.1 Å². The zero-order chi connectivity index (χ0) is 26.3. The van der Waals surface area contributed by atoms with E-state index in [-0.39, 0.29) is 35.0 Å². The third kappa shape index (κ3) is 7.64. The maximum Gasteiger partial charge on any atom is 0.327 e. The van der Waals surface area contributed by atoms with Gasteiger partial charge in [-0.2, -0.15) is 4.72 Å². The molecule has 0 spiro atoms. The lowest BCUT2D eigenvalue weighted by Crippen LogP contribution is -2.45. The monoisotopic (exact) mass is 510 g/mol. The Bertz CT molecular complexity index is 1130. The molecule has 0 saturated carbocycles. The molecule has 2 N–H and O–H groups in total. The number of ether oxygens (including phenoxy) is 3. The van der Waals surface area contributed by atoms with Crippen molar-refractivity contribution < 1.29 is 37.5 Å². The van der Waals surface area contributed by atoms with Crippen LogP contribution in [0.5, 0.6) is 11.5 Å². The largest absolute Gasteiger partial charge is 0.487 e. The number of aliphatic hydroxyl groups is 1. The van der Waals surface area contributed by atoms with E-state index in [9.17, 15) is 28.4 Å². The van der Waals surface area contributed by atoms with E-state index >= 15 is 0 Å². The highest BCUT2D eigenvalue weighted by Crippen LogP contribution is 2.33. The van der Waals surface area contributed by atoms with E-state index in [4.69, 9.17) is 14.2 Å². The first-order chi connectivity index (χ1) is 16.4. The average molecular weight is 511 g/mol. The zero-order valence-corrected chi connectivity index (χ0v) is 20.9. The molecule has 2 aromatic carbocycles. The van der Waals surface area contributed by atoms with Crippen LogP contribution < -0.4 is 14.2 Å². The zero-order valence-electron chi connectivity index (χ0n) is 20.1. The van der Waals surface area contributed by atoms with Crippen molar-refractivity contribution in [1.29, 1.82) is 0 Å². The Balaban J connectivity index is 2.43. The fourth-order valence-electron chi connectivity index (χ4n) is 3.05. The highest BCUT2D eigenvalue weighted by molar-refractivity contribution is 7.89. The van der Waals surface area contributed by atoms with Gasteiger partial charge >= 0.3 is 5.97 Å². The smallest absolute Gasteiger partial charge is 0.327 e. The molecule has 2 rings (SSSR count). The number of hydrogen-bond acceptors (Lipinski definition) is 9. The predicted molar refractivity (Wildman–Crippen MR) is 127 cm³/mol. The van der Waals surface area contributed by atoms with Gasteiger partial charge < -0.3 is 19.3 Å². The molecule has 0 fully saturated rings. The number of sulfonamides is 1. The maximum atomic E-state index is 12.9. The molecule has 0 aliphatic rings. The van der Waals surface area contributed by atoms with Gasteiger partial charge in [0.25, 0.3) is 5.69 Å². The van der Waals surface area contributed by atoms with E-state index in [0.717, 1.165) is 24.3 Å². The van der Waals surface area contributed by atoms with Crippen LogP contribution in [0.25, 0.3) is 0 Å². The van der Waals surface area contributed by atoms with Crippen LogP contribution in [0.2, 0.25) is 0 Å². The first-order valence-electron chi connectivity index (χ1n) is 10.9. The molecule has 0 aromatic heterocycles. The van der Waals surface area contributed by atoms with E-state index in [0.29, 0.717) is 11.5 Å². The number of rotatable bonds is 12. The molecular weight excluding hydrogens is 480 g/mol. The molecule has 0 aliphatic heterocycles. The second-order valence-corrected chi connectivity index (χ2v) is 9.80. The fraction of sp³-hybridized carbons (Fsp3) is 0.435. The highest BCUT2D eigenvalue weighted by Gasteiger charge is 2.34. The first kappa shape index (κ1) is 28.0. The van der Waals surface area contributed by atoms with Gasteiger partial charge in [-0.3, -0.25) is 14.9 Å². The molecule has 0 bridgehead atoms. The Morgan fingerprint density at radius 3 is 2.11 bits per heavy atom.